The van der Waals surface area contributed by atoms with Crippen molar-refractivity contribution in [1.82, 2.24) is 0 Å². The van der Waals surface area contributed by atoms with Crippen molar-refractivity contribution in [3.05, 3.63) is 0 Å². The topological polar surface area (TPSA) is 57.5 Å². The van der Waals surface area contributed by atoms with E-state index in [1.165, 1.54) is 0 Å². The molecule has 0 amide bonds. The van der Waals surface area contributed by atoms with Crippen LogP contribution >= 0.6 is 0 Å². The van der Waals surface area contributed by atoms with Crippen LogP contribution in [0.25, 0.3) is 0 Å². The SMILES string of the molecule is C[C@]12CC[C@H]3[C@@H](C[C@@H](F)[C@@]4(O)C[C@@H](O)CC[C@]34C)[C@@H]1CCC2=O. The van der Waals surface area contributed by atoms with Crippen molar-refractivity contribution in [2.75, 3.05) is 0 Å². The Hall–Kier alpha value is -0.480. The minimum absolute atomic E-state index is 0.161. The summed E-state index contributed by atoms with van der Waals surface area (Å²) in [5, 5.41) is 21.2. The molecule has 0 radical (unpaired) electrons. The molecule has 23 heavy (non-hydrogen) atoms. The Morgan fingerprint density at radius 3 is 2.61 bits per heavy atom. The highest BCUT2D eigenvalue weighted by molar-refractivity contribution is 5.87. The summed E-state index contributed by atoms with van der Waals surface area (Å²) >= 11 is 0. The molecule has 4 saturated carbocycles. The molecule has 4 aliphatic carbocycles. The second kappa shape index (κ2) is 4.78. The molecule has 0 aromatic rings. The average Bonchev–Trinajstić information content (AvgIpc) is 2.79. The van der Waals surface area contributed by atoms with Gasteiger partial charge < -0.3 is 10.2 Å². The Balaban J connectivity index is 1.72. The number of rotatable bonds is 0. The first-order valence-electron chi connectivity index (χ1n) is 9.30. The lowest BCUT2D eigenvalue weighted by molar-refractivity contribution is -0.247. The maximum absolute atomic E-state index is 15.1. The maximum Gasteiger partial charge on any atom is 0.139 e. The lowest BCUT2D eigenvalue weighted by Crippen LogP contribution is -2.67. The van der Waals surface area contributed by atoms with Crippen molar-refractivity contribution in [3.63, 3.8) is 0 Å². The second-order valence-electron chi connectivity index (χ2n) is 9.24. The zero-order valence-electron chi connectivity index (χ0n) is 14.2. The average molecular weight is 324 g/mol. The number of Topliss-reactive ketones (excluding diaryl/α,β-unsaturated/α-hetero) is 1. The van der Waals surface area contributed by atoms with Crippen LogP contribution in [0.2, 0.25) is 0 Å². The molecule has 0 heterocycles. The number of alkyl halides is 1. The summed E-state index contributed by atoms with van der Waals surface area (Å²) in [6, 6.07) is 0. The number of hydrogen-bond donors (Lipinski definition) is 2. The number of fused-ring (bicyclic) bond motifs is 5. The molecule has 4 heteroatoms. The van der Waals surface area contributed by atoms with E-state index in [1.807, 2.05) is 6.92 Å². The normalized spacial score (nSPS) is 59.2. The van der Waals surface area contributed by atoms with E-state index in [1.54, 1.807) is 0 Å². The summed E-state index contributed by atoms with van der Waals surface area (Å²) < 4.78 is 15.1. The lowest BCUT2D eigenvalue weighted by atomic mass is 9.43. The molecule has 0 unspecified atom stereocenters. The van der Waals surface area contributed by atoms with Crippen LogP contribution in [0.4, 0.5) is 4.39 Å². The van der Waals surface area contributed by atoms with Gasteiger partial charge in [0, 0.05) is 23.7 Å². The number of hydrogen-bond acceptors (Lipinski definition) is 3. The molecule has 4 aliphatic rings. The number of halogens is 1. The summed E-state index contributed by atoms with van der Waals surface area (Å²) in [6.45, 7) is 4.13. The molecular weight excluding hydrogens is 295 g/mol. The summed E-state index contributed by atoms with van der Waals surface area (Å²) in [5.74, 6) is 1.12. The third-order valence-corrected chi connectivity index (χ3v) is 8.49. The number of carbonyl (C=O) groups is 1. The highest BCUT2D eigenvalue weighted by Gasteiger charge is 2.67. The largest absolute Gasteiger partial charge is 0.393 e. The van der Waals surface area contributed by atoms with Crippen LogP contribution in [-0.4, -0.2) is 33.9 Å². The molecule has 3 nitrogen and oxygen atoms in total. The van der Waals surface area contributed by atoms with E-state index < -0.39 is 23.3 Å². The van der Waals surface area contributed by atoms with Crippen molar-refractivity contribution in [1.29, 1.82) is 0 Å². The van der Waals surface area contributed by atoms with Gasteiger partial charge in [0.15, 0.2) is 0 Å². The smallest absolute Gasteiger partial charge is 0.139 e. The molecular formula is C19H29FO3. The lowest BCUT2D eigenvalue weighted by Gasteiger charge is -2.64. The molecule has 130 valence electrons. The van der Waals surface area contributed by atoms with Crippen molar-refractivity contribution < 1.29 is 19.4 Å². The third kappa shape index (κ3) is 1.85. The number of ketones is 1. The monoisotopic (exact) mass is 324 g/mol. The molecule has 4 rings (SSSR count). The zero-order valence-corrected chi connectivity index (χ0v) is 14.2. The van der Waals surface area contributed by atoms with Gasteiger partial charge in [-0.15, -0.1) is 0 Å². The van der Waals surface area contributed by atoms with E-state index in [-0.39, 0.29) is 29.6 Å². The van der Waals surface area contributed by atoms with Gasteiger partial charge in [-0.1, -0.05) is 13.8 Å². The first kappa shape index (κ1) is 16.0. The maximum atomic E-state index is 15.1. The predicted octanol–water partition coefficient (Wildman–Crippen LogP) is 3.02. The fourth-order valence-corrected chi connectivity index (χ4v) is 6.98. The Labute approximate surface area is 137 Å². The molecule has 0 bridgehead atoms. The number of carbonyl (C=O) groups excluding carboxylic acids is 1. The van der Waals surface area contributed by atoms with Crippen molar-refractivity contribution in [3.8, 4) is 0 Å². The van der Waals surface area contributed by atoms with Gasteiger partial charge in [0.2, 0.25) is 0 Å². The number of aliphatic hydroxyl groups excluding tert-OH is 1. The molecule has 4 fully saturated rings. The summed E-state index contributed by atoms with van der Waals surface area (Å²) in [6.07, 6.45) is 3.28. The van der Waals surface area contributed by atoms with Crippen LogP contribution in [-0.2, 0) is 4.79 Å². The Morgan fingerprint density at radius 2 is 1.87 bits per heavy atom. The molecule has 8 atom stereocenters. The van der Waals surface area contributed by atoms with Gasteiger partial charge in [0.05, 0.1) is 6.10 Å². The van der Waals surface area contributed by atoms with Crippen molar-refractivity contribution in [2.45, 2.75) is 83.1 Å². The fraction of sp³-hybridized carbons (Fsp3) is 0.947. The second-order valence-corrected chi connectivity index (χ2v) is 9.24. The van der Waals surface area contributed by atoms with Gasteiger partial charge in [-0.25, -0.2) is 4.39 Å². The van der Waals surface area contributed by atoms with Crippen molar-refractivity contribution in [2.24, 2.45) is 28.6 Å². The molecule has 0 saturated heterocycles. The first-order chi connectivity index (χ1) is 10.7. The molecule has 0 aromatic heterocycles. The summed E-state index contributed by atoms with van der Waals surface area (Å²) in [4.78, 5) is 12.4. The minimum atomic E-state index is -1.40. The Morgan fingerprint density at radius 1 is 1.13 bits per heavy atom. The fourth-order valence-electron chi connectivity index (χ4n) is 6.98. The van der Waals surface area contributed by atoms with Gasteiger partial charge in [-0.3, -0.25) is 4.79 Å². The van der Waals surface area contributed by atoms with Gasteiger partial charge in [-0.05, 0) is 56.3 Å². The highest BCUT2D eigenvalue weighted by atomic mass is 19.1. The van der Waals surface area contributed by atoms with E-state index >= 15 is 4.39 Å². The standard InChI is InChI=1S/C19H29FO3/c1-17-7-6-14-12(13(17)3-4-16(17)22)9-15(20)19(23)10-11(21)5-8-18(14,19)2/h11-15,21,23H,3-10H2,1-2H3/t11-,12-,13-,14-,15+,17-,18+,19-/m0/s1. The minimum Gasteiger partial charge on any atom is -0.393 e. The molecule has 0 spiro atoms. The van der Waals surface area contributed by atoms with Gasteiger partial charge >= 0.3 is 0 Å². The first-order valence-corrected chi connectivity index (χ1v) is 9.30. The van der Waals surface area contributed by atoms with Crippen LogP contribution in [0, 0.1) is 28.6 Å². The van der Waals surface area contributed by atoms with E-state index in [9.17, 15) is 15.0 Å². The third-order valence-electron chi connectivity index (χ3n) is 8.49. The van der Waals surface area contributed by atoms with Crippen LogP contribution in [0.15, 0.2) is 0 Å². The van der Waals surface area contributed by atoms with E-state index in [2.05, 4.69) is 6.92 Å². The van der Waals surface area contributed by atoms with Crippen molar-refractivity contribution >= 4 is 5.78 Å². The Bertz CT molecular complexity index is 537. The molecule has 0 aromatic carbocycles. The summed E-state index contributed by atoms with van der Waals surface area (Å²) in [5.41, 5.74) is -2.13. The zero-order chi connectivity index (χ0) is 16.6. The quantitative estimate of drug-likeness (QED) is 0.720. The van der Waals surface area contributed by atoms with E-state index in [0.717, 1.165) is 19.3 Å². The van der Waals surface area contributed by atoms with Gasteiger partial charge in [0.1, 0.15) is 17.6 Å². The predicted molar refractivity (Wildman–Crippen MR) is 84.5 cm³/mol. The van der Waals surface area contributed by atoms with E-state index in [0.29, 0.717) is 31.5 Å². The van der Waals surface area contributed by atoms with Crippen LogP contribution in [0.1, 0.15) is 65.2 Å². The highest BCUT2D eigenvalue weighted by Crippen LogP contribution is 2.66. The van der Waals surface area contributed by atoms with Crippen LogP contribution in [0.3, 0.4) is 0 Å². The summed E-state index contributed by atoms with van der Waals surface area (Å²) in [7, 11) is 0. The van der Waals surface area contributed by atoms with Crippen LogP contribution < -0.4 is 0 Å². The van der Waals surface area contributed by atoms with Crippen LogP contribution in [0.5, 0.6) is 0 Å². The van der Waals surface area contributed by atoms with Gasteiger partial charge in [-0.2, -0.15) is 0 Å². The molecule has 0 aliphatic heterocycles. The van der Waals surface area contributed by atoms with Gasteiger partial charge in [0.25, 0.3) is 0 Å². The Kier molecular flexibility index (Phi) is 3.33. The molecule has 2 N–H and O–H groups in total. The number of aliphatic hydroxyl groups is 2. The van der Waals surface area contributed by atoms with E-state index in [4.69, 9.17) is 0 Å².